The average Bonchev–Trinajstić information content (AvgIpc) is 2.11. The first-order valence-corrected chi connectivity index (χ1v) is 3.88. The largest absolute Gasteiger partial charge is 1.00 e. The van der Waals surface area contributed by atoms with Gasteiger partial charge in [-0.1, -0.05) is 32.3 Å². The Balaban J connectivity index is 0. The molecule has 0 bridgehead atoms. The minimum atomic E-state index is 0. The fraction of sp³-hybridized carbons (Fsp3) is 0.300. The van der Waals surface area contributed by atoms with E-state index in [1.54, 1.807) is 6.20 Å². The molecule has 0 saturated carbocycles. The molecule has 60 valence electrons. The number of allylic oxidation sites excluding steroid dienone is 1. The molecule has 0 fully saturated rings. The molecule has 0 aliphatic heterocycles. The predicted octanol–water partition coefficient (Wildman–Crippen LogP) is -0.0549. The van der Waals surface area contributed by atoms with Crippen LogP contribution in [0.25, 0.3) is 6.08 Å². The zero-order chi connectivity index (χ0) is 8.53. The van der Waals surface area contributed by atoms with Crippen molar-refractivity contribution in [3.63, 3.8) is 0 Å². The van der Waals surface area contributed by atoms with Crippen molar-refractivity contribution in [1.29, 1.82) is 0 Å². The Kier molecular flexibility index (Phi) is 14.8. The van der Waals surface area contributed by atoms with Gasteiger partial charge in [0, 0.05) is 0 Å². The van der Waals surface area contributed by atoms with Crippen molar-refractivity contribution in [2.24, 2.45) is 0 Å². The van der Waals surface area contributed by atoms with E-state index in [9.17, 15) is 0 Å². The van der Waals surface area contributed by atoms with E-state index in [1.165, 1.54) is 0 Å². The van der Waals surface area contributed by atoms with Crippen molar-refractivity contribution in [3.8, 4) is 0 Å². The number of hydrogen-bond donors (Lipinski definition) is 0. The standard InChI is InChI=1S/C8H8N.C2H6.Rb/c1-2-3-8-4-6-9-7-5-8;1-2;/h2-6H,1H3;1-2H3;/q-1;;+1/b3-2+;;. The van der Waals surface area contributed by atoms with E-state index >= 15 is 0 Å². The van der Waals surface area contributed by atoms with Crippen LogP contribution in [0.2, 0.25) is 0 Å². The topological polar surface area (TPSA) is 12.9 Å². The van der Waals surface area contributed by atoms with Crippen LogP contribution in [0.4, 0.5) is 0 Å². The molecule has 0 atom stereocenters. The van der Waals surface area contributed by atoms with E-state index in [0.29, 0.717) is 0 Å². The molecule has 0 unspecified atom stereocenters. The molecule has 0 radical (unpaired) electrons. The van der Waals surface area contributed by atoms with Crippen molar-refractivity contribution in [2.75, 3.05) is 0 Å². The molecule has 0 aromatic carbocycles. The third kappa shape index (κ3) is 7.35. The minimum Gasteiger partial charge on any atom is -0.394 e. The average molecular weight is 234 g/mol. The second-order valence-electron chi connectivity index (χ2n) is 1.72. The molecule has 1 aromatic rings. The summed E-state index contributed by atoms with van der Waals surface area (Å²) >= 11 is 0. The fourth-order valence-corrected chi connectivity index (χ4v) is 0.622. The van der Waals surface area contributed by atoms with E-state index in [2.05, 4.69) is 11.2 Å². The van der Waals surface area contributed by atoms with Crippen LogP contribution < -0.4 is 58.2 Å². The van der Waals surface area contributed by atoms with E-state index in [0.717, 1.165) is 5.56 Å². The Hall–Kier alpha value is 0.695. The first-order valence-electron chi connectivity index (χ1n) is 3.88. The number of hydrogen-bond acceptors (Lipinski definition) is 1. The molecular weight excluding hydrogens is 220 g/mol. The van der Waals surface area contributed by atoms with E-state index in [4.69, 9.17) is 0 Å². The van der Waals surface area contributed by atoms with Crippen molar-refractivity contribution in [3.05, 3.63) is 36.2 Å². The molecule has 1 aromatic heterocycles. The van der Waals surface area contributed by atoms with Crippen molar-refractivity contribution in [1.82, 2.24) is 4.98 Å². The Morgan fingerprint density at radius 1 is 1.42 bits per heavy atom. The minimum absolute atomic E-state index is 0. The molecule has 12 heavy (non-hydrogen) atoms. The Morgan fingerprint density at radius 2 is 2.08 bits per heavy atom. The van der Waals surface area contributed by atoms with Gasteiger partial charge < -0.3 is 4.98 Å². The van der Waals surface area contributed by atoms with Gasteiger partial charge in [-0.3, -0.25) is 0 Å². The van der Waals surface area contributed by atoms with Gasteiger partial charge in [0.2, 0.25) is 0 Å². The second-order valence-corrected chi connectivity index (χ2v) is 1.72. The van der Waals surface area contributed by atoms with Gasteiger partial charge in [0.15, 0.2) is 0 Å². The Morgan fingerprint density at radius 3 is 2.50 bits per heavy atom. The third-order valence-corrected chi connectivity index (χ3v) is 1.01. The molecule has 1 nitrogen and oxygen atoms in total. The molecule has 0 aliphatic carbocycles. The molecule has 0 aliphatic rings. The summed E-state index contributed by atoms with van der Waals surface area (Å²) in [6, 6.07) is 3.79. The summed E-state index contributed by atoms with van der Waals surface area (Å²) in [6.45, 7) is 5.99. The van der Waals surface area contributed by atoms with Crippen LogP contribution in [0.1, 0.15) is 26.3 Å². The zero-order valence-corrected chi connectivity index (χ0v) is 13.3. The molecule has 2 heteroatoms. The molecular formula is C10H14NRb. The summed E-state index contributed by atoms with van der Waals surface area (Å²) in [5.74, 6) is 0. The van der Waals surface area contributed by atoms with Crippen LogP contribution in [0.3, 0.4) is 0 Å². The summed E-state index contributed by atoms with van der Waals surface area (Å²) < 4.78 is 0. The summed E-state index contributed by atoms with van der Waals surface area (Å²) in [5.41, 5.74) is 1.15. The maximum Gasteiger partial charge on any atom is 1.00 e. The molecule has 1 rings (SSSR count). The van der Waals surface area contributed by atoms with Crippen molar-refractivity contribution < 1.29 is 58.2 Å². The molecule has 1 heterocycles. The second kappa shape index (κ2) is 11.7. The summed E-state index contributed by atoms with van der Waals surface area (Å²) in [4.78, 5) is 3.77. The Labute approximate surface area is 124 Å². The van der Waals surface area contributed by atoms with Gasteiger partial charge in [-0.15, -0.1) is 17.7 Å². The number of rotatable bonds is 1. The van der Waals surface area contributed by atoms with Gasteiger partial charge in [0.1, 0.15) is 0 Å². The normalized spacial score (nSPS) is 8.25. The summed E-state index contributed by atoms with van der Waals surface area (Å²) in [6.07, 6.45) is 8.48. The number of pyridine rings is 1. The van der Waals surface area contributed by atoms with Crippen LogP contribution in [0.15, 0.2) is 24.4 Å². The smallest absolute Gasteiger partial charge is 0.394 e. The molecule has 0 amide bonds. The van der Waals surface area contributed by atoms with Crippen LogP contribution >= 0.6 is 0 Å². The molecule has 0 N–H and O–H groups in total. The zero-order valence-electron chi connectivity index (χ0n) is 8.33. The van der Waals surface area contributed by atoms with Crippen molar-refractivity contribution in [2.45, 2.75) is 20.8 Å². The molecule has 0 spiro atoms. The number of nitrogens with zero attached hydrogens (tertiary/aromatic N) is 1. The van der Waals surface area contributed by atoms with E-state index in [-0.39, 0.29) is 58.2 Å². The van der Waals surface area contributed by atoms with Crippen LogP contribution in [0, 0.1) is 6.20 Å². The van der Waals surface area contributed by atoms with Gasteiger partial charge in [-0.05, 0) is 6.92 Å². The summed E-state index contributed by atoms with van der Waals surface area (Å²) in [7, 11) is 0. The van der Waals surface area contributed by atoms with Gasteiger partial charge >= 0.3 is 58.2 Å². The van der Waals surface area contributed by atoms with Crippen LogP contribution in [-0.4, -0.2) is 4.98 Å². The van der Waals surface area contributed by atoms with Gasteiger partial charge in [-0.2, -0.15) is 6.07 Å². The van der Waals surface area contributed by atoms with Gasteiger partial charge in [0.05, 0.1) is 0 Å². The van der Waals surface area contributed by atoms with Crippen LogP contribution in [0.5, 0.6) is 0 Å². The summed E-state index contributed by atoms with van der Waals surface area (Å²) in [5, 5.41) is 0. The van der Waals surface area contributed by atoms with Gasteiger partial charge in [0.25, 0.3) is 0 Å². The monoisotopic (exact) mass is 233 g/mol. The molecule has 0 saturated heterocycles. The maximum atomic E-state index is 3.77. The fourth-order valence-electron chi connectivity index (χ4n) is 0.622. The maximum absolute atomic E-state index is 3.77. The first kappa shape index (κ1) is 15.2. The van der Waals surface area contributed by atoms with E-state index < -0.39 is 0 Å². The first-order chi connectivity index (χ1) is 5.43. The van der Waals surface area contributed by atoms with Crippen LogP contribution in [-0.2, 0) is 0 Å². The third-order valence-electron chi connectivity index (χ3n) is 1.01. The Bertz CT molecular complexity index is 194. The predicted molar refractivity (Wildman–Crippen MR) is 49.1 cm³/mol. The quantitative estimate of drug-likeness (QED) is 0.620. The van der Waals surface area contributed by atoms with Crippen molar-refractivity contribution >= 4 is 6.08 Å². The van der Waals surface area contributed by atoms with E-state index in [1.807, 2.05) is 45.1 Å². The van der Waals surface area contributed by atoms with Gasteiger partial charge in [-0.25, -0.2) is 0 Å². The number of aromatic nitrogens is 1. The SMILES string of the molecule is C/C=C/c1c[c-]ncc1.CC.[Rb+].